The Morgan fingerprint density at radius 2 is 1.52 bits per heavy atom. The number of rotatable bonds is 9. The maximum absolute atomic E-state index is 13.4. The minimum Gasteiger partial charge on any atom is -0.492 e. The van der Waals surface area contributed by atoms with Crippen molar-refractivity contribution in [3.8, 4) is 11.5 Å². The Labute approximate surface area is 238 Å². The molecule has 1 saturated heterocycles. The fourth-order valence-electron chi connectivity index (χ4n) is 4.54. The van der Waals surface area contributed by atoms with Crippen LogP contribution in [0.1, 0.15) is 12.8 Å². The lowest BCUT2D eigenvalue weighted by Gasteiger charge is -2.34. The number of benzene rings is 3. The first-order chi connectivity index (χ1) is 19.2. The number of fused-ring (bicyclic) bond motifs is 1. The number of nitrogens with zero attached hydrogens (tertiary/aromatic N) is 2. The molecule has 0 unspecified atom stereocenters. The van der Waals surface area contributed by atoms with Crippen molar-refractivity contribution in [3.05, 3.63) is 77.8 Å². The molecular formula is C27H28ClN3O7S2. The molecule has 0 aromatic heterocycles. The Bertz CT molecular complexity index is 1580. The number of ether oxygens (including phenoxy) is 2. The molecule has 0 saturated carbocycles. The summed E-state index contributed by atoms with van der Waals surface area (Å²) < 4.78 is 66.3. The third-order valence-electron chi connectivity index (χ3n) is 6.63. The van der Waals surface area contributed by atoms with Gasteiger partial charge in [-0.1, -0.05) is 23.7 Å². The third kappa shape index (κ3) is 5.90. The summed E-state index contributed by atoms with van der Waals surface area (Å²) in [6.45, 7) is 1.07. The number of carbonyl (C=O) groups is 1. The van der Waals surface area contributed by atoms with Crippen LogP contribution in [0.2, 0.25) is 5.02 Å². The van der Waals surface area contributed by atoms with Crippen LogP contribution in [0, 0.1) is 0 Å². The number of amides is 1. The van der Waals surface area contributed by atoms with E-state index in [-0.39, 0.29) is 35.2 Å². The summed E-state index contributed by atoms with van der Waals surface area (Å²) in [5.74, 6) is 0.228. The molecule has 0 radical (unpaired) electrons. The molecule has 3 aromatic carbocycles. The molecule has 1 N–H and O–H groups in total. The van der Waals surface area contributed by atoms with Gasteiger partial charge >= 0.3 is 0 Å². The topological polar surface area (TPSA) is 122 Å². The van der Waals surface area contributed by atoms with Gasteiger partial charge in [0.05, 0.1) is 28.6 Å². The summed E-state index contributed by atoms with van der Waals surface area (Å²) in [4.78, 5) is 13.2. The Balaban J connectivity index is 1.19. The SMILES string of the molecule is O=C(NCCOc1ccc(S(=O)(=O)N2CCCC2)cc1)[C@H]1CN(S(=O)(=O)c2ccc(Cl)cc2)c2ccccc2O1. The lowest BCUT2D eigenvalue weighted by atomic mass is 10.2. The second-order valence-corrected chi connectivity index (χ2v) is 13.5. The normalized spacial score (nSPS) is 17.6. The molecule has 0 spiro atoms. The summed E-state index contributed by atoms with van der Waals surface area (Å²) in [6.07, 6.45) is 0.633. The van der Waals surface area contributed by atoms with Gasteiger partial charge in [-0.3, -0.25) is 9.10 Å². The molecule has 5 rings (SSSR count). The number of para-hydroxylation sites is 2. The van der Waals surface area contributed by atoms with Gasteiger partial charge in [0, 0.05) is 18.1 Å². The van der Waals surface area contributed by atoms with E-state index in [1.807, 2.05) is 0 Å². The molecule has 1 atom stereocenters. The van der Waals surface area contributed by atoms with Crippen molar-refractivity contribution >= 4 is 43.2 Å². The van der Waals surface area contributed by atoms with E-state index in [4.69, 9.17) is 21.1 Å². The minimum absolute atomic E-state index is 0.0420. The van der Waals surface area contributed by atoms with Crippen LogP contribution in [0.15, 0.2) is 82.6 Å². The molecule has 212 valence electrons. The highest BCUT2D eigenvalue weighted by atomic mass is 35.5. The Morgan fingerprint density at radius 3 is 2.23 bits per heavy atom. The van der Waals surface area contributed by atoms with Crippen LogP contribution in [0.3, 0.4) is 0 Å². The van der Waals surface area contributed by atoms with Crippen molar-refractivity contribution in [2.45, 2.75) is 28.7 Å². The molecule has 40 heavy (non-hydrogen) atoms. The molecule has 0 aliphatic carbocycles. The maximum Gasteiger partial charge on any atom is 0.264 e. The molecule has 0 bridgehead atoms. The number of anilines is 1. The zero-order valence-electron chi connectivity index (χ0n) is 21.4. The van der Waals surface area contributed by atoms with Crippen LogP contribution in [0.4, 0.5) is 5.69 Å². The smallest absolute Gasteiger partial charge is 0.264 e. The van der Waals surface area contributed by atoms with E-state index >= 15 is 0 Å². The van der Waals surface area contributed by atoms with Gasteiger partial charge in [0.2, 0.25) is 10.0 Å². The van der Waals surface area contributed by atoms with Crippen molar-refractivity contribution in [2.75, 3.05) is 37.1 Å². The average Bonchev–Trinajstić information content (AvgIpc) is 3.51. The van der Waals surface area contributed by atoms with Crippen molar-refractivity contribution in [1.82, 2.24) is 9.62 Å². The van der Waals surface area contributed by atoms with Gasteiger partial charge in [-0.2, -0.15) is 4.31 Å². The predicted molar refractivity (Wildman–Crippen MR) is 150 cm³/mol. The molecule has 10 nitrogen and oxygen atoms in total. The zero-order chi connectivity index (χ0) is 28.3. The van der Waals surface area contributed by atoms with Gasteiger partial charge < -0.3 is 14.8 Å². The average molecular weight is 606 g/mol. The number of sulfonamides is 2. The van der Waals surface area contributed by atoms with E-state index in [9.17, 15) is 21.6 Å². The lowest BCUT2D eigenvalue weighted by molar-refractivity contribution is -0.127. The van der Waals surface area contributed by atoms with E-state index in [1.54, 1.807) is 36.4 Å². The standard InChI is InChI=1S/C27H28ClN3O7S2/c28-20-7-11-23(12-8-20)40(35,36)31-19-26(38-25-6-2-1-5-24(25)31)27(32)29-15-18-37-21-9-13-22(14-10-21)39(33,34)30-16-3-4-17-30/h1-2,5-14,26H,3-4,15-19H2,(H,29,32)/t26-/m1/s1. The van der Waals surface area contributed by atoms with E-state index in [0.29, 0.717) is 29.5 Å². The second kappa shape index (κ2) is 11.7. The quantitative estimate of drug-likeness (QED) is 0.372. The number of halogens is 1. The molecule has 2 aliphatic heterocycles. The third-order valence-corrected chi connectivity index (χ3v) is 10.6. The van der Waals surface area contributed by atoms with Crippen LogP contribution in [0.5, 0.6) is 11.5 Å². The fourth-order valence-corrected chi connectivity index (χ4v) is 7.66. The minimum atomic E-state index is -4.00. The molecule has 13 heteroatoms. The fraction of sp³-hybridized carbons (Fsp3) is 0.296. The van der Waals surface area contributed by atoms with Crippen molar-refractivity contribution in [3.63, 3.8) is 0 Å². The Morgan fingerprint density at radius 1 is 0.900 bits per heavy atom. The monoisotopic (exact) mass is 605 g/mol. The lowest BCUT2D eigenvalue weighted by Crippen LogP contribution is -2.51. The van der Waals surface area contributed by atoms with Crippen LogP contribution >= 0.6 is 11.6 Å². The number of nitrogens with one attached hydrogen (secondary N) is 1. The van der Waals surface area contributed by atoms with Gasteiger partial charge in [-0.05, 0) is 73.5 Å². The highest BCUT2D eigenvalue weighted by molar-refractivity contribution is 7.92. The molecule has 3 aromatic rings. The van der Waals surface area contributed by atoms with Crippen LogP contribution in [0.25, 0.3) is 0 Å². The highest BCUT2D eigenvalue weighted by Gasteiger charge is 2.37. The summed E-state index contributed by atoms with van der Waals surface area (Å²) in [7, 11) is -7.50. The summed E-state index contributed by atoms with van der Waals surface area (Å²) in [5, 5.41) is 3.12. The summed E-state index contributed by atoms with van der Waals surface area (Å²) in [5.41, 5.74) is 0.333. The molecule has 2 heterocycles. The molecule has 1 amide bonds. The van der Waals surface area contributed by atoms with E-state index in [0.717, 1.165) is 17.1 Å². The first-order valence-electron chi connectivity index (χ1n) is 12.7. The van der Waals surface area contributed by atoms with Crippen molar-refractivity contribution < 1.29 is 31.1 Å². The van der Waals surface area contributed by atoms with Crippen molar-refractivity contribution in [1.29, 1.82) is 0 Å². The predicted octanol–water partition coefficient (Wildman–Crippen LogP) is 3.28. The largest absolute Gasteiger partial charge is 0.492 e. The van der Waals surface area contributed by atoms with E-state index in [2.05, 4.69) is 5.32 Å². The number of carbonyl (C=O) groups excluding carboxylic acids is 1. The van der Waals surface area contributed by atoms with Crippen LogP contribution in [-0.2, 0) is 24.8 Å². The highest BCUT2D eigenvalue weighted by Crippen LogP contribution is 2.37. The first-order valence-corrected chi connectivity index (χ1v) is 16.0. The summed E-state index contributed by atoms with van der Waals surface area (Å²) >= 11 is 5.92. The number of hydrogen-bond donors (Lipinski definition) is 1. The van der Waals surface area contributed by atoms with E-state index in [1.165, 1.54) is 40.7 Å². The van der Waals surface area contributed by atoms with Gasteiger partial charge in [-0.25, -0.2) is 16.8 Å². The summed E-state index contributed by atoms with van der Waals surface area (Å²) in [6, 6.07) is 18.6. The van der Waals surface area contributed by atoms with Crippen molar-refractivity contribution in [2.24, 2.45) is 0 Å². The van der Waals surface area contributed by atoms with Crippen LogP contribution < -0.4 is 19.1 Å². The van der Waals surface area contributed by atoms with Gasteiger partial charge in [-0.15, -0.1) is 0 Å². The van der Waals surface area contributed by atoms with Crippen LogP contribution in [-0.4, -0.2) is 65.9 Å². The van der Waals surface area contributed by atoms with E-state index < -0.39 is 32.1 Å². The number of hydrogen-bond acceptors (Lipinski definition) is 7. The van der Waals surface area contributed by atoms with Gasteiger partial charge in [0.25, 0.3) is 15.9 Å². The first kappa shape index (κ1) is 28.2. The maximum atomic E-state index is 13.4. The Hall–Kier alpha value is -3.32. The second-order valence-electron chi connectivity index (χ2n) is 9.29. The Kier molecular flexibility index (Phi) is 8.22. The van der Waals surface area contributed by atoms with Gasteiger partial charge in [0.1, 0.15) is 18.1 Å². The zero-order valence-corrected chi connectivity index (χ0v) is 23.8. The molecule has 2 aliphatic rings. The van der Waals surface area contributed by atoms with Gasteiger partial charge in [0.15, 0.2) is 6.10 Å². The molecular weight excluding hydrogens is 578 g/mol. The molecule has 1 fully saturated rings.